The smallest absolute Gasteiger partial charge is 0.303 e. The number of aliphatic hydroxyl groups excluding tert-OH is 1. The zero-order valence-electron chi connectivity index (χ0n) is 45.9. The van der Waals surface area contributed by atoms with E-state index in [1.807, 2.05) is 0 Å². The first kappa shape index (κ1) is 65.8. The Kier molecular flexibility index (Phi) is 24.4. The fourth-order valence-electron chi connectivity index (χ4n) is 8.94. The Balaban J connectivity index is 2.08. The maximum Gasteiger partial charge on any atom is 0.303 e. The van der Waals surface area contributed by atoms with Crippen LogP contribution >= 0.6 is 0 Å². The van der Waals surface area contributed by atoms with E-state index in [9.17, 15) is 62.6 Å². The highest BCUT2D eigenvalue weighted by Crippen LogP contribution is 2.39. The summed E-state index contributed by atoms with van der Waals surface area (Å²) in [4.78, 5) is 152. The Bertz CT molecular complexity index is 2270. The standard InChI is InChI=1S/C48H67NO31/c1-17-34(67-22(6)54)39(70-25(9)57)43(73-28(12)60)47(66-17)79-38-33(49-18(2)50)46(80-42-40(71-26(10)58)36(68-23(7)55)30(75-45(42)62)14-63-19(3)51)76-31(15-64-20(4)52)35(38)78-48-44(74-29(13)61)41(72-27(11)59)37(69-24(8)56)32(77-48)16-65-21(5)53/h17,30-48,62H,14-16H2,1-13H3,(H,49,50)/t17?,30?,31?,32?,33?,34-,35-,36-,37+,38?,39?,40?,41?,42?,43?,44?,45+,46+,47+,48+/m1/s1. The molecule has 0 radical (unpaired) electrons. The van der Waals surface area contributed by atoms with Crippen LogP contribution in [-0.2, 0) is 143 Å². The molecule has 1 amide bonds. The molecule has 0 aromatic heterocycles. The van der Waals surface area contributed by atoms with Gasteiger partial charge >= 0.3 is 65.7 Å². The second kappa shape index (κ2) is 29.7. The minimum Gasteiger partial charge on any atom is -0.463 e. The van der Waals surface area contributed by atoms with Crippen molar-refractivity contribution in [1.82, 2.24) is 5.32 Å². The van der Waals surface area contributed by atoms with Gasteiger partial charge in [-0.05, 0) is 6.92 Å². The lowest BCUT2D eigenvalue weighted by Gasteiger charge is -2.52. The van der Waals surface area contributed by atoms with E-state index in [1.165, 1.54) is 6.92 Å². The number of nitrogens with one attached hydrogen (secondary N) is 1. The predicted molar refractivity (Wildman–Crippen MR) is 249 cm³/mol. The lowest BCUT2D eigenvalue weighted by Crippen LogP contribution is -2.71. The molecule has 450 valence electrons. The van der Waals surface area contributed by atoms with Gasteiger partial charge in [-0.1, -0.05) is 0 Å². The van der Waals surface area contributed by atoms with Crippen LogP contribution in [0.5, 0.6) is 0 Å². The molecule has 0 bridgehead atoms. The molecule has 32 nitrogen and oxygen atoms in total. The quantitative estimate of drug-likeness (QED) is 0.0901. The monoisotopic (exact) mass is 1150 g/mol. The van der Waals surface area contributed by atoms with Gasteiger partial charge in [0.25, 0.3) is 0 Å². The van der Waals surface area contributed by atoms with Crippen molar-refractivity contribution >= 4 is 71.6 Å². The second-order valence-electron chi connectivity index (χ2n) is 18.4. The minimum atomic E-state index is -2.23. The number of hydrogen-bond donors (Lipinski definition) is 2. The molecule has 4 aliphatic heterocycles. The van der Waals surface area contributed by atoms with Gasteiger partial charge < -0.3 is 95.7 Å². The Morgan fingerprint density at radius 2 is 0.637 bits per heavy atom. The van der Waals surface area contributed by atoms with Crippen LogP contribution in [-0.4, -0.2) is 219 Å². The number of aliphatic hydroxyl groups is 1. The maximum absolute atomic E-state index is 13.5. The zero-order chi connectivity index (χ0) is 60.0. The number of hydrogen-bond acceptors (Lipinski definition) is 31. The van der Waals surface area contributed by atoms with Gasteiger partial charge in [-0.3, -0.25) is 57.5 Å². The Morgan fingerprint density at radius 1 is 0.338 bits per heavy atom. The van der Waals surface area contributed by atoms with Gasteiger partial charge in [0.05, 0.1) is 6.10 Å². The van der Waals surface area contributed by atoms with Gasteiger partial charge in [-0.25, -0.2) is 0 Å². The van der Waals surface area contributed by atoms with Crippen LogP contribution in [0.3, 0.4) is 0 Å². The number of rotatable bonds is 21. The highest BCUT2D eigenvalue weighted by atomic mass is 16.8. The summed E-state index contributed by atoms with van der Waals surface area (Å²) in [5, 5.41) is 14.2. The molecule has 4 heterocycles. The molecular formula is C48H67NO31. The Labute approximate surface area is 456 Å². The van der Waals surface area contributed by atoms with E-state index in [4.69, 9.17) is 85.3 Å². The van der Waals surface area contributed by atoms with Crippen molar-refractivity contribution in [2.45, 2.75) is 213 Å². The van der Waals surface area contributed by atoms with Gasteiger partial charge in [0, 0.05) is 83.1 Å². The average molecular weight is 1150 g/mol. The number of amides is 1. The minimum absolute atomic E-state index is 0.683. The van der Waals surface area contributed by atoms with Gasteiger partial charge in [-0.2, -0.15) is 0 Å². The maximum atomic E-state index is 13.5. The average Bonchev–Trinajstić information content (AvgIpc) is 3.31. The molecule has 4 saturated heterocycles. The molecule has 0 aromatic carbocycles. The molecule has 32 heteroatoms. The topological polar surface area (TPSA) is 403 Å². The molecule has 80 heavy (non-hydrogen) atoms. The van der Waals surface area contributed by atoms with E-state index in [2.05, 4.69) is 5.32 Å². The van der Waals surface area contributed by atoms with Crippen molar-refractivity contribution < 1.29 is 148 Å². The van der Waals surface area contributed by atoms with Crippen LogP contribution in [0.25, 0.3) is 0 Å². The van der Waals surface area contributed by atoms with E-state index < -0.39 is 214 Å². The lowest BCUT2D eigenvalue weighted by molar-refractivity contribution is -0.387. The molecule has 20 atom stereocenters. The summed E-state index contributed by atoms with van der Waals surface area (Å²) in [5.41, 5.74) is 0. The van der Waals surface area contributed by atoms with Gasteiger partial charge in [0.1, 0.15) is 56.4 Å². The summed E-state index contributed by atoms with van der Waals surface area (Å²) in [5.74, 6) is -11.7. The Hall–Kier alpha value is -6.68. The van der Waals surface area contributed by atoms with Crippen LogP contribution in [0.15, 0.2) is 0 Å². The molecule has 0 saturated carbocycles. The molecular weight excluding hydrogens is 1090 g/mol. The zero-order valence-corrected chi connectivity index (χ0v) is 45.9. The molecule has 4 rings (SSSR count). The SMILES string of the molecule is CC(=O)NC1C(O[C@@H]2OC(C)[C@@H](OC(C)=O)C(OC(C)=O)C2OC(C)=O)[C@H](O[C@@H]2OC(COC(C)=O)[C@H](OC(C)=O)C(OC(C)=O)C2OC(C)=O)C(COC(C)=O)O[C@H]1OC1C(OC(C)=O)[C@H](OC(C)=O)C(COC(C)=O)O[C@@H]1O. The summed E-state index contributed by atoms with van der Waals surface area (Å²) >= 11 is 0. The number of ether oxygens (including phenoxy) is 18. The third-order valence-electron chi connectivity index (χ3n) is 11.6. The van der Waals surface area contributed by atoms with Crippen LogP contribution in [0.4, 0.5) is 0 Å². The Morgan fingerprint density at radius 3 is 1.04 bits per heavy atom. The van der Waals surface area contributed by atoms with Crippen LogP contribution in [0, 0.1) is 0 Å². The molecule has 0 spiro atoms. The van der Waals surface area contributed by atoms with Crippen molar-refractivity contribution in [3.8, 4) is 0 Å². The van der Waals surface area contributed by atoms with Crippen molar-refractivity contribution in [2.75, 3.05) is 19.8 Å². The fourth-order valence-corrected chi connectivity index (χ4v) is 8.94. The molecule has 0 aromatic rings. The first-order valence-corrected chi connectivity index (χ1v) is 24.7. The van der Waals surface area contributed by atoms with Crippen LogP contribution in [0.1, 0.15) is 90.0 Å². The summed E-state index contributed by atoms with van der Waals surface area (Å²) in [6, 6.07) is -1.94. The van der Waals surface area contributed by atoms with Crippen LogP contribution in [0.2, 0.25) is 0 Å². The van der Waals surface area contributed by atoms with E-state index in [1.54, 1.807) is 0 Å². The predicted octanol–water partition coefficient (Wildman–Crippen LogP) is -2.30. The number of carbonyl (C=O) groups is 12. The molecule has 4 fully saturated rings. The third kappa shape index (κ3) is 19.0. The molecule has 0 aliphatic carbocycles. The van der Waals surface area contributed by atoms with Crippen molar-refractivity contribution in [1.29, 1.82) is 0 Å². The third-order valence-corrected chi connectivity index (χ3v) is 11.6. The van der Waals surface area contributed by atoms with E-state index >= 15 is 0 Å². The second-order valence-corrected chi connectivity index (χ2v) is 18.4. The number of esters is 11. The highest BCUT2D eigenvalue weighted by molar-refractivity contribution is 5.73. The summed E-state index contributed by atoms with van der Waals surface area (Å²) in [6.45, 7) is 10.7. The molecule has 12 unspecified atom stereocenters. The lowest BCUT2D eigenvalue weighted by atomic mass is 9.93. The van der Waals surface area contributed by atoms with Gasteiger partial charge in [0.15, 0.2) is 80.1 Å². The first-order chi connectivity index (χ1) is 37.4. The molecule has 2 N–H and O–H groups in total. The van der Waals surface area contributed by atoms with Gasteiger partial charge in [0.2, 0.25) is 5.91 Å². The van der Waals surface area contributed by atoms with Crippen molar-refractivity contribution in [3.05, 3.63) is 0 Å². The van der Waals surface area contributed by atoms with E-state index in [0.29, 0.717) is 0 Å². The summed E-state index contributed by atoms with van der Waals surface area (Å²) < 4.78 is 105. The number of carbonyl (C=O) groups excluding carboxylic acids is 12. The fraction of sp³-hybridized carbons (Fsp3) is 0.750. The largest absolute Gasteiger partial charge is 0.463 e. The normalized spacial score (nSPS) is 33.8. The highest BCUT2D eigenvalue weighted by Gasteiger charge is 2.61. The summed E-state index contributed by atoms with van der Waals surface area (Å²) in [7, 11) is 0. The van der Waals surface area contributed by atoms with Crippen molar-refractivity contribution in [3.63, 3.8) is 0 Å². The first-order valence-electron chi connectivity index (χ1n) is 24.7. The van der Waals surface area contributed by atoms with Crippen molar-refractivity contribution in [2.24, 2.45) is 0 Å². The summed E-state index contributed by atoms with van der Waals surface area (Å²) in [6.07, 6.45) is -35.4. The van der Waals surface area contributed by atoms with E-state index in [-0.39, 0.29) is 0 Å². The molecule has 4 aliphatic rings. The van der Waals surface area contributed by atoms with E-state index in [0.717, 1.165) is 83.1 Å². The van der Waals surface area contributed by atoms with Crippen LogP contribution < -0.4 is 5.32 Å². The van der Waals surface area contributed by atoms with Gasteiger partial charge in [-0.15, -0.1) is 0 Å².